The smallest absolute Gasteiger partial charge is 0.150 e. The molecule has 1 aromatic carbocycles. The Kier molecular flexibility index (Phi) is 3.24. The molecule has 0 radical (unpaired) electrons. The van der Waals surface area contributed by atoms with Crippen LogP contribution in [0.4, 0.5) is 15.8 Å². The number of nitrogens with two attached hydrogens (primary N) is 1. The highest BCUT2D eigenvalue weighted by Gasteiger charge is 2.30. The van der Waals surface area contributed by atoms with Gasteiger partial charge in [-0.1, -0.05) is 13.8 Å². The minimum absolute atomic E-state index is 0.299. The molecule has 1 aliphatic carbocycles. The molecule has 2 aromatic rings. The van der Waals surface area contributed by atoms with E-state index in [1.54, 1.807) is 6.20 Å². The molecule has 3 rings (SSSR count). The predicted molar refractivity (Wildman–Crippen MR) is 81.1 cm³/mol. The summed E-state index contributed by atoms with van der Waals surface area (Å²) < 4.78 is 14.3. The third kappa shape index (κ3) is 2.09. The molecule has 1 saturated carbocycles. The van der Waals surface area contributed by atoms with E-state index in [1.165, 1.54) is 12.5 Å². The lowest BCUT2D eigenvalue weighted by atomic mass is 9.97. The molecular weight excluding hydrogens is 253 g/mol. The van der Waals surface area contributed by atoms with E-state index in [4.69, 9.17) is 5.73 Å². The number of benzene rings is 1. The maximum Gasteiger partial charge on any atom is 0.150 e. The van der Waals surface area contributed by atoms with E-state index in [1.807, 2.05) is 12.1 Å². The van der Waals surface area contributed by atoms with E-state index >= 15 is 0 Å². The first-order chi connectivity index (χ1) is 9.58. The van der Waals surface area contributed by atoms with Crippen LogP contribution >= 0.6 is 0 Å². The van der Waals surface area contributed by atoms with Crippen LogP contribution in [-0.2, 0) is 0 Å². The van der Waals surface area contributed by atoms with Gasteiger partial charge in [-0.2, -0.15) is 0 Å². The van der Waals surface area contributed by atoms with Crippen molar-refractivity contribution in [2.45, 2.75) is 32.7 Å². The summed E-state index contributed by atoms with van der Waals surface area (Å²) in [6, 6.07) is 5.38. The SMILES string of the molecule is CC1CCC(Nc2c(F)cc(N)c3cccnc23)C1C. The van der Waals surface area contributed by atoms with Gasteiger partial charge in [0, 0.05) is 23.3 Å². The third-order valence-electron chi connectivity index (χ3n) is 4.67. The number of fused-ring (bicyclic) bond motifs is 1. The molecule has 20 heavy (non-hydrogen) atoms. The zero-order chi connectivity index (χ0) is 14.3. The van der Waals surface area contributed by atoms with Gasteiger partial charge < -0.3 is 11.1 Å². The molecule has 1 fully saturated rings. The molecule has 3 unspecified atom stereocenters. The van der Waals surface area contributed by atoms with Gasteiger partial charge in [0.15, 0.2) is 5.82 Å². The molecule has 3 N–H and O–H groups in total. The van der Waals surface area contributed by atoms with Crippen LogP contribution < -0.4 is 11.1 Å². The number of halogens is 1. The average Bonchev–Trinajstić information content (AvgIpc) is 2.75. The lowest BCUT2D eigenvalue weighted by Gasteiger charge is -2.22. The van der Waals surface area contributed by atoms with Crippen LogP contribution in [0, 0.1) is 17.7 Å². The fourth-order valence-electron chi connectivity index (χ4n) is 3.13. The molecule has 0 amide bonds. The second-order valence-corrected chi connectivity index (χ2v) is 5.89. The number of rotatable bonds is 2. The number of hydrogen-bond donors (Lipinski definition) is 2. The van der Waals surface area contributed by atoms with Crippen molar-refractivity contribution in [2.24, 2.45) is 11.8 Å². The number of nitrogens with zero attached hydrogens (tertiary/aromatic N) is 1. The van der Waals surface area contributed by atoms with Crippen LogP contribution in [0.5, 0.6) is 0 Å². The van der Waals surface area contributed by atoms with Crippen molar-refractivity contribution in [3.8, 4) is 0 Å². The van der Waals surface area contributed by atoms with Crippen molar-refractivity contribution in [1.29, 1.82) is 0 Å². The summed E-state index contributed by atoms with van der Waals surface area (Å²) in [5.41, 5.74) is 7.42. The minimum atomic E-state index is -0.319. The Bertz CT molecular complexity index is 641. The molecular formula is C16H20FN3. The largest absolute Gasteiger partial charge is 0.398 e. The Morgan fingerprint density at radius 3 is 2.85 bits per heavy atom. The number of nitrogens with one attached hydrogen (secondary N) is 1. The van der Waals surface area contributed by atoms with E-state index in [-0.39, 0.29) is 5.82 Å². The van der Waals surface area contributed by atoms with Crippen LogP contribution in [0.15, 0.2) is 24.4 Å². The summed E-state index contributed by atoms with van der Waals surface area (Å²) in [6.45, 7) is 4.47. The van der Waals surface area contributed by atoms with Crippen molar-refractivity contribution in [2.75, 3.05) is 11.1 Å². The normalized spacial score (nSPS) is 26.1. The molecule has 0 bridgehead atoms. The number of anilines is 2. The van der Waals surface area contributed by atoms with Crippen LogP contribution in [0.2, 0.25) is 0 Å². The van der Waals surface area contributed by atoms with E-state index in [2.05, 4.69) is 24.1 Å². The number of nitrogen functional groups attached to an aromatic ring is 1. The van der Waals surface area contributed by atoms with E-state index < -0.39 is 0 Å². The molecule has 106 valence electrons. The van der Waals surface area contributed by atoms with Gasteiger partial charge in [-0.3, -0.25) is 4.98 Å². The summed E-state index contributed by atoms with van der Waals surface area (Å²) in [5.74, 6) is 0.884. The van der Waals surface area contributed by atoms with Crippen molar-refractivity contribution < 1.29 is 4.39 Å². The van der Waals surface area contributed by atoms with Crippen molar-refractivity contribution in [3.63, 3.8) is 0 Å². The molecule has 4 heteroatoms. The molecule has 3 nitrogen and oxygen atoms in total. The zero-order valence-corrected chi connectivity index (χ0v) is 11.9. The highest BCUT2D eigenvalue weighted by Crippen LogP contribution is 2.36. The Hall–Kier alpha value is -1.84. The molecule has 0 aliphatic heterocycles. The second kappa shape index (κ2) is 4.93. The van der Waals surface area contributed by atoms with Crippen molar-refractivity contribution in [1.82, 2.24) is 4.98 Å². The molecule has 0 saturated heterocycles. The van der Waals surface area contributed by atoms with Gasteiger partial charge in [-0.05, 0) is 42.9 Å². The first-order valence-electron chi connectivity index (χ1n) is 7.17. The Morgan fingerprint density at radius 1 is 1.35 bits per heavy atom. The van der Waals surface area contributed by atoms with Crippen LogP contribution in [-0.4, -0.2) is 11.0 Å². The van der Waals surface area contributed by atoms with E-state index in [0.29, 0.717) is 34.8 Å². The monoisotopic (exact) mass is 273 g/mol. The Labute approximate surface area is 118 Å². The minimum Gasteiger partial charge on any atom is -0.398 e. The lowest BCUT2D eigenvalue weighted by Crippen LogP contribution is -2.24. The van der Waals surface area contributed by atoms with Gasteiger partial charge in [0.05, 0.1) is 11.2 Å². The first kappa shape index (κ1) is 13.2. The van der Waals surface area contributed by atoms with Gasteiger partial charge in [0.25, 0.3) is 0 Å². The van der Waals surface area contributed by atoms with Gasteiger partial charge >= 0.3 is 0 Å². The maximum atomic E-state index is 14.3. The quantitative estimate of drug-likeness (QED) is 0.818. The lowest BCUT2D eigenvalue weighted by molar-refractivity contribution is 0.434. The fraction of sp³-hybridized carbons (Fsp3) is 0.438. The summed E-state index contributed by atoms with van der Waals surface area (Å²) in [4.78, 5) is 4.31. The van der Waals surface area contributed by atoms with Gasteiger partial charge in [0.2, 0.25) is 0 Å². The van der Waals surface area contributed by atoms with Gasteiger partial charge in [0.1, 0.15) is 0 Å². The van der Waals surface area contributed by atoms with E-state index in [9.17, 15) is 4.39 Å². The Morgan fingerprint density at radius 2 is 2.15 bits per heavy atom. The summed E-state index contributed by atoms with van der Waals surface area (Å²) in [7, 11) is 0. The summed E-state index contributed by atoms with van der Waals surface area (Å²) in [6.07, 6.45) is 3.92. The van der Waals surface area contributed by atoms with Gasteiger partial charge in [-0.15, -0.1) is 0 Å². The number of hydrogen-bond acceptors (Lipinski definition) is 3. The summed E-state index contributed by atoms with van der Waals surface area (Å²) >= 11 is 0. The van der Waals surface area contributed by atoms with Crippen LogP contribution in [0.25, 0.3) is 10.9 Å². The standard InChI is InChI=1S/C16H20FN3/c1-9-5-6-14(10(9)2)20-16-12(17)8-13(18)11-4-3-7-19-15(11)16/h3-4,7-10,14,20H,5-6,18H2,1-2H3. The summed E-state index contributed by atoms with van der Waals surface area (Å²) in [5, 5.41) is 4.17. The fourth-order valence-corrected chi connectivity index (χ4v) is 3.13. The number of aromatic nitrogens is 1. The molecule has 1 heterocycles. The van der Waals surface area contributed by atoms with E-state index in [0.717, 1.165) is 11.8 Å². The molecule has 1 aromatic heterocycles. The maximum absolute atomic E-state index is 14.3. The third-order valence-corrected chi connectivity index (χ3v) is 4.67. The first-order valence-corrected chi connectivity index (χ1v) is 7.17. The molecule has 3 atom stereocenters. The van der Waals surface area contributed by atoms with Crippen molar-refractivity contribution >= 4 is 22.3 Å². The zero-order valence-electron chi connectivity index (χ0n) is 11.9. The second-order valence-electron chi connectivity index (χ2n) is 5.89. The predicted octanol–water partition coefficient (Wildman–Crippen LogP) is 3.80. The Balaban J connectivity index is 2.03. The molecule has 0 spiro atoms. The highest BCUT2D eigenvalue weighted by atomic mass is 19.1. The molecule has 1 aliphatic rings. The van der Waals surface area contributed by atoms with Crippen LogP contribution in [0.1, 0.15) is 26.7 Å². The average molecular weight is 273 g/mol. The topological polar surface area (TPSA) is 50.9 Å². The highest BCUT2D eigenvalue weighted by molar-refractivity contribution is 5.98. The van der Waals surface area contributed by atoms with Crippen LogP contribution in [0.3, 0.4) is 0 Å². The number of pyridine rings is 1. The van der Waals surface area contributed by atoms with Crippen molar-refractivity contribution in [3.05, 3.63) is 30.2 Å². The van der Waals surface area contributed by atoms with Gasteiger partial charge in [-0.25, -0.2) is 4.39 Å².